The molecule has 0 bridgehead atoms. The van der Waals surface area contributed by atoms with Crippen LogP contribution in [0.15, 0.2) is 29.2 Å². The van der Waals surface area contributed by atoms with E-state index in [0.717, 1.165) is 0 Å². The van der Waals surface area contributed by atoms with Crippen molar-refractivity contribution in [1.82, 2.24) is 0 Å². The van der Waals surface area contributed by atoms with Crippen LogP contribution in [-0.4, -0.2) is 30.8 Å². The van der Waals surface area contributed by atoms with Crippen molar-refractivity contribution in [2.75, 3.05) is 6.61 Å². The lowest BCUT2D eigenvalue weighted by molar-refractivity contribution is 0.121. The first-order valence-corrected chi connectivity index (χ1v) is 5.72. The molecule has 1 atom stereocenters. The molecule has 0 saturated heterocycles. The number of para-hydroxylation sites is 1. The Morgan fingerprint density at radius 1 is 1.40 bits per heavy atom. The van der Waals surface area contributed by atoms with E-state index in [1.807, 2.05) is 0 Å². The summed E-state index contributed by atoms with van der Waals surface area (Å²) in [4.78, 5) is -0.300. The van der Waals surface area contributed by atoms with E-state index in [2.05, 4.69) is 0 Å². The summed E-state index contributed by atoms with van der Waals surface area (Å²) >= 11 is 0. The fourth-order valence-electron chi connectivity index (χ4n) is 0.993. The Balaban J connectivity index is 2.98. The second kappa shape index (κ2) is 4.61. The molecule has 0 spiro atoms. The van der Waals surface area contributed by atoms with Gasteiger partial charge in [0.25, 0.3) is 10.1 Å². The van der Waals surface area contributed by atoms with E-state index in [4.69, 9.17) is 14.4 Å². The van der Waals surface area contributed by atoms with Gasteiger partial charge in [-0.25, -0.2) is 0 Å². The minimum absolute atomic E-state index is 0.0286. The molecule has 0 aromatic heterocycles. The average molecular weight is 232 g/mol. The Bertz CT molecular complexity index is 424. The van der Waals surface area contributed by atoms with Crippen LogP contribution < -0.4 is 4.74 Å². The lowest BCUT2D eigenvalue weighted by Gasteiger charge is -2.10. The van der Waals surface area contributed by atoms with Crippen LogP contribution in [0.25, 0.3) is 0 Å². The number of benzene rings is 1. The van der Waals surface area contributed by atoms with Crippen LogP contribution in [0.3, 0.4) is 0 Å². The van der Waals surface area contributed by atoms with Gasteiger partial charge in [-0.3, -0.25) is 4.55 Å². The van der Waals surface area contributed by atoms with Crippen LogP contribution in [0.2, 0.25) is 0 Å². The van der Waals surface area contributed by atoms with Gasteiger partial charge in [-0.2, -0.15) is 8.42 Å². The van der Waals surface area contributed by atoms with Crippen LogP contribution in [0.1, 0.15) is 6.92 Å². The van der Waals surface area contributed by atoms with E-state index in [0.29, 0.717) is 0 Å². The van der Waals surface area contributed by atoms with Crippen molar-refractivity contribution in [2.24, 2.45) is 0 Å². The zero-order chi connectivity index (χ0) is 11.5. The summed E-state index contributed by atoms with van der Waals surface area (Å²) < 4.78 is 35.7. The zero-order valence-electron chi connectivity index (χ0n) is 8.12. The third-order valence-corrected chi connectivity index (χ3v) is 2.50. The lowest BCUT2D eigenvalue weighted by atomic mass is 10.3. The maximum absolute atomic E-state index is 10.9. The number of aliphatic hydroxyl groups is 1. The molecule has 6 heteroatoms. The highest BCUT2D eigenvalue weighted by molar-refractivity contribution is 7.86. The fraction of sp³-hybridized carbons (Fsp3) is 0.333. The van der Waals surface area contributed by atoms with Crippen LogP contribution in [0.5, 0.6) is 5.75 Å². The van der Waals surface area contributed by atoms with Crippen molar-refractivity contribution in [1.29, 1.82) is 0 Å². The maximum atomic E-state index is 10.9. The highest BCUT2D eigenvalue weighted by Gasteiger charge is 2.15. The monoisotopic (exact) mass is 232 g/mol. The van der Waals surface area contributed by atoms with E-state index < -0.39 is 16.2 Å². The van der Waals surface area contributed by atoms with Crippen LogP contribution in [0.4, 0.5) is 0 Å². The van der Waals surface area contributed by atoms with Crippen molar-refractivity contribution in [3.63, 3.8) is 0 Å². The van der Waals surface area contributed by atoms with E-state index in [1.54, 1.807) is 6.07 Å². The second-order valence-electron chi connectivity index (χ2n) is 3.08. The number of aliphatic hydroxyl groups excluding tert-OH is 1. The molecule has 0 fully saturated rings. The number of hydrogen-bond acceptors (Lipinski definition) is 4. The number of hydrogen-bond donors (Lipinski definition) is 2. The van der Waals surface area contributed by atoms with Gasteiger partial charge in [0.1, 0.15) is 17.3 Å². The lowest BCUT2D eigenvalue weighted by Crippen LogP contribution is -2.14. The van der Waals surface area contributed by atoms with Crippen LogP contribution >= 0.6 is 0 Å². The van der Waals surface area contributed by atoms with Crippen molar-refractivity contribution >= 4 is 10.1 Å². The van der Waals surface area contributed by atoms with Gasteiger partial charge in [0.2, 0.25) is 0 Å². The molecule has 0 aliphatic rings. The van der Waals surface area contributed by atoms with Crippen molar-refractivity contribution in [3.8, 4) is 5.75 Å². The van der Waals surface area contributed by atoms with Gasteiger partial charge in [-0.1, -0.05) is 12.1 Å². The molecule has 15 heavy (non-hydrogen) atoms. The van der Waals surface area contributed by atoms with Crippen LogP contribution in [0, 0.1) is 0 Å². The Hall–Kier alpha value is -1.11. The van der Waals surface area contributed by atoms with E-state index >= 15 is 0 Å². The Morgan fingerprint density at radius 3 is 2.53 bits per heavy atom. The summed E-state index contributed by atoms with van der Waals surface area (Å²) in [5, 5.41) is 8.97. The Labute approximate surface area is 88.1 Å². The molecule has 0 heterocycles. The van der Waals surface area contributed by atoms with Gasteiger partial charge < -0.3 is 9.84 Å². The molecule has 0 aliphatic carbocycles. The van der Waals surface area contributed by atoms with E-state index in [9.17, 15) is 8.42 Å². The number of ether oxygens (including phenoxy) is 1. The molecule has 1 unspecified atom stereocenters. The summed E-state index contributed by atoms with van der Waals surface area (Å²) in [6.07, 6.45) is -0.709. The standard InChI is InChI=1S/C9H12O5S/c1-7(10)6-14-8-4-2-3-5-9(8)15(11,12)13/h2-5,7,10H,6H2,1H3,(H,11,12,13). The molecule has 0 saturated carbocycles. The van der Waals surface area contributed by atoms with Gasteiger partial charge in [0.05, 0.1) is 6.10 Å². The Morgan fingerprint density at radius 2 is 2.00 bits per heavy atom. The molecular formula is C9H12O5S. The summed E-state index contributed by atoms with van der Waals surface area (Å²) in [5.74, 6) is 0.0286. The summed E-state index contributed by atoms with van der Waals surface area (Å²) in [5.41, 5.74) is 0. The van der Waals surface area contributed by atoms with Gasteiger partial charge in [0.15, 0.2) is 0 Å². The average Bonchev–Trinajstić information content (AvgIpc) is 2.13. The predicted molar refractivity (Wildman–Crippen MR) is 53.4 cm³/mol. The molecule has 1 aromatic rings. The van der Waals surface area contributed by atoms with E-state index in [1.165, 1.54) is 25.1 Å². The van der Waals surface area contributed by atoms with Crippen molar-refractivity contribution < 1.29 is 22.8 Å². The molecule has 2 N–H and O–H groups in total. The molecule has 1 aromatic carbocycles. The largest absolute Gasteiger partial charge is 0.489 e. The molecule has 5 nitrogen and oxygen atoms in total. The third-order valence-electron chi connectivity index (χ3n) is 1.61. The highest BCUT2D eigenvalue weighted by atomic mass is 32.2. The quantitative estimate of drug-likeness (QED) is 0.746. The van der Waals surface area contributed by atoms with Crippen LogP contribution in [-0.2, 0) is 10.1 Å². The molecule has 0 radical (unpaired) electrons. The minimum atomic E-state index is -4.29. The topological polar surface area (TPSA) is 83.8 Å². The van der Waals surface area contributed by atoms with E-state index in [-0.39, 0.29) is 17.3 Å². The highest BCUT2D eigenvalue weighted by Crippen LogP contribution is 2.22. The third kappa shape index (κ3) is 3.50. The summed E-state index contributed by atoms with van der Waals surface area (Å²) in [6.45, 7) is 1.47. The Kier molecular flexibility index (Phi) is 3.67. The zero-order valence-corrected chi connectivity index (χ0v) is 8.94. The molecule has 84 valence electrons. The molecule has 0 aliphatic heterocycles. The summed E-state index contributed by atoms with van der Waals surface area (Å²) in [7, 11) is -4.29. The molecule has 0 amide bonds. The van der Waals surface area contributed by atoms with Gasteiger partial charge >= 0.3 is 0 Å². The maximum Gasteiger partial charge on any atom is 0.298 e. The fourth-order valence-corrected chi connectivity index (χ4v) is 1.62. The predicted octanol–water partition coefficient (Wildman–Crippen LogP) is 0.693. The van der Waals surface area contributed by atoms with Crippen molar-refractivity contribution in [2.45, 2.75) is 17.9 Å². The van der Waals surface area contributed by atoms with Gasteiger partial charge in [0, 0.05) is 0 Å². The summed E-state index contributed by atoms with van der Waals surface area (Å²) in [6, 6.07) is 5.68. The van der Waals surface area contributed by atoms with Crippen molar-refractivity contribution in [3.05, 3.63) is 24.3 Å². The number of rotatable bonds is 4. The van der Waals surface area contributed by atoms with Gasteiger partial charge in [-0.15, -0.1) is 0 Å². The smallest absolute Gasteiger partial charge is 0.298 e. The first-order valence-electron chi connectivity index (χ1n) is 4.28. The minimum Gasteiger partial charge on any atom is -0.489 e. The first-order chi connectivity index (χ1) is 6.91. The molecule has 1 rings (SSSR count). The molecular weight excluding hydrogens is 220 g/mol. The SMILES string of the molecule is CC(O)COc1ccccc1S(=O)(=O)O. The van der Waals surface area contributed by atoms with Gasteiger partial charge in [-0.05, 0) is 19.1 Å². The normalized spacial score (nSPS) is 13.5. The first kappa shape index (κ1) is 12.0. The second-order valence-corrected chi connectivity index (χ2v) is 4.47.